The van der Waals surface area contributed by atoms with Crippen LogP contribution in [0.3, 0.4) is 0 Å². The van der Waals surface area contributed by atoms with E-state index in [0.29, 0.717) is 32.4 Å². The fraction of sp³-hybridized carbons (Fsp3) is 0.733. The van der Waals surface area contributed by atoms with Crippen LogP contribution in [0.4, 0.5) is 0 Å². The lowest BCUT2D eigenvalue weighted by Crippen LogP contribution is -2.51. The average molecular weight is 292 g/mol. The molecule has 0 atom stereocenters. The Hall–Kier alpha value is -1.72. The summed E-state index contributed by atoms with van der Waals surface area (Å²) in [6.07, 6.45) is 5.50. The number of hydrogen-bond donors (Lipinski definition) is 0. The third-order valence-corrected chi connectivity index (χ3v) is 4.39. The van der Waals surface area contributed by atoms with E-state index in [1.54, 1.807) is 11.6 Å². The van der Waals surface area contributed by atoms with Crippen molar-refractivity contribution in [1.82, 2.24) is 19.9 Å². The molecule has 116 valence electrons. The Kier molecular flexibility index (Phi) is 4.75. The Morgan fingerprint density at radius 1 is 1.29 bits per heavy atom. The Bertz CT molecular complexity index is 515. The zero-order valence-corrected chi connectivity index (χ0v) is 13.1. The molecule has 1 aromatic heterocycles. The maximum absolute atomic E-state index is 12.2. The van der Waals surface area contributed by atoms with Crippen LogP contribution < -0.4 is 0 Å². The van der Waals surface area contributed by atoms with Gasteiger partial charge in [0.05, 0.1) is 5.69 Å². The van der Waals surface area contributed by atoms with Crippen LogP contribution in [-0.4, -0.2) is 44.7 Å². The van der Waals surface area contributed by atoms with E-state index in [2.05, 4.69) is 17.2 Å². The minimum absolute atomic E-state index is 0.0963. The van der Waals surface area contributed by atoms with Gasteiger partial charge >= 0.3 is 0 Å². The number of amides is 1. The second-order valence-corrected chi connectivity index (χ2v) is 5.73. The first kappa shape index (κ1) is 15.7. The number of carbonyl (C=O) groups excluding carboxylic acids is 2. The van der Waals surface area contributed by atoms with Gasteiger partial charge in [0.1, 0.15) is 5.54 Å². The summed E-state index contributed by atoms with van der Waals surface area (Å²) in [5, 5.41) is 8.34. The third-order valence-electron chi connectivity index (χ3n) is 4.39. The number of nitrogens with zero attached hydrogens (tertiary/aromatic N) is 4. The molecule has 0 radical (unpaired) electrons. The summed E-state index contributed by atoms with van der Waals surface area (Å²) in [5.74, 6) is 0.247. The van der Waals surface area contributed by atoms with Crippen molar-refractivity contribution in [2.24, 2.45) is 0 Å². The van der Waals surface area contributed by atoms with Crippen LogP contribution in [0.25, 0.3) is 0 Å². The molecule has 6 heteroatoms. The lowest BCUT2D eigenvalue weighted by molar-refractivity contribution is -0.137. The first-order chi connectivity index (χ1) is 10.0. The van der Waals surface area contributed by atoms with Gasteiger partial charge in [-0.3, -0.25) is 9.59 Å². The average Bonchev–Trinajstić information content (AvgIpc) is 2.95. The summed E-state index contributed by atoms with van der Waals surface area (Å²) >= 11 is 0. The molecular weight excluding hydrogens is 268 g/mol. The predicted molar refractivity (Wildman–Crippen MR) is 78.8 cm³/mol. The monoisotopic (exact) mass is 292 g/mol. The Morgan fingerprint density at radius 2 is 1.95 bits per heavy atom. The van der Waals surface area contributed by atoms with E-state index in [4.69, 9.17) is 0 Å². The van der Waals surface area contributed by atoms with Crippen LogP contribution in [-0.2, 0) is 21.5 Å². The van der Waals surface area contributed by atoms with E-state index < -0.39 is 5.54 Å². The molecule has 0 saturated carbocycles. The number of aryl methyl sites for hydroxylation is 1. The lowest BCUT2D eigenvalue weighted by atomic mass is 9.84. The van der Waals surface area contributed by atoms with Gasteiger partial charge in [0.15, 0.2) is 5.78 Å². The molecule has 1 aliphatic heterocycles. The van der Waals surface area contributed by atoms with E-state index in [9.17, 15) is 9.59 Å². The van der Waals surface area contributed by atoms with E-state index in [0.717, 1.165) is 18.5 Å². The molecule has 0 aromatic carbocycles. The number of ketones is 1. The maximum Gasteiger partial charge on any atom is 0.222 e. The SMILES string of the molecule is CCCc1cn(C2(C(C)=O)CCN(C(=O)CC)CC2)nn1. The molecule has 1 amide bonds. The lowest BCUT2D eigenvalue weighted by Gasteiger charge is -2.39. The zero-order chi connectivity index (χ0) is 15.5. The minimum atomic E-state index is -0.635. The van der Waals surface area contributed by atoms with E-state index >= 15 is 0 Å². The summed E-state index contributed by atoms with van der Waals surface area (Å²) in [5.41, 5.74) is 0.286. The van der Waals surface area contributed by atoms with Crippen LogP contribution in [0.5, 0.6) is 0 Å². The summed E-state index contributed by atoms with van der Waals surface area (Å²) in [6.45, 7) is 6.78. The van der Waals surface area contributed by atoms with Gasteiger partial charge in [0.25, 0.3) is 0 Å². The highest BCUT2D eigenvalue weighted by Gasteiger charge is 2.42. The number of likely N-dealkylation sites (tertiary alicyclic amines) is 1. The van der Waals surface area contributed by atoms with Crippen LogP contribution in [0.1, 0.15) is 52.1 Å². The second-order valence-electron chi connectivity index (χ2n) is 5.73. The standard InChI is InChI=1S/C15H24N4O2/c1-4-6-13-11-19(17-16-13)15(12(3)20)7-9-18(10-8-15)14(21)5-2/h11H,4-10H2,1-3H3. The number of piperidine rings is 1. The summed E-state index contributed by atoms with van der Waals surface area (Å²) in [4.78, 5) is 25.9. The Balaban J connectivity index is 2.19. The zero-order valence-electron chi connectivity index (χ0n) is 13.1. The topological polar surface area (TPSA) is 68.1 Å². The molecule has 1 aliphatic rings. The fourth-order valence-electron chi connectivity index (χ4n) is 2.97. The first-order valence-electron chi connectivity index (χ1n) is 7.74. The normalized spacial score (nSPS) is 17.8. The third kappa shape index (κ3) is 2.99. The molecule has 0 spiro atoms. The molecular formula is C15H24N4O2. The van der Waals surface area contributed by atoms with Crippen molar-refractivity contribution in [3.8, 4) is 0 Å². The number of aromatic nitrogens is 3. The van der Waals surface area contributed by atoms with Crippen LogP contribution >= 0.6 is 0 Å². The fourth-order valence-corrected chi connectivity index (χ4v) is 2.97. The molecule has 1 aromatic rings. The van der Waals surface area contributed by atoms with Crippen molar-refractivity contribution in [3.05, 3.63) is 11.9 Å². The maximum atomic E-state index is 12.2. The van der Waals surface area contributed by atoms with Gasteiger partial charge in [0, 0.05) is 25.7 Å². The van der Waals surface area contributed by atoms with Crippen molar-refractivity contribution in [3.63, 3.8) is 0 Å². The highest BCUT2D eigenvalue weighted by Crippen LogP contribution is 2.31. The van der Waals surface area contributed by atoms with Gasteiger partial charge in [0.2, 0.25) is 5.91 Å². The molecule has 1 saturated heterocycles. The van der Waals surface area contributed by atoms with Crippen molar-refractivity contribution in [2.75, 3.05) is 13.1 Å². The van der Waals surface area contributed by atoms with E-state index in [1.165, 1.54) is 0 Å². The minimum Gasteiger partial charge on any atom is -0.343 e. The van der Waals surface area contributed by atoms with Crippen LogP contribution in [0.2, 0.25) is 0 Å². The molecule has 2 rings (SSSR count). The number of hydrogen-bond acceptors (Lipinski definition) is 4. The summed E-state index contributed by atoms with van der Waals surface area (Å²) in [6, 6.07) is 0. The molecule has 2 heterocycles. The predicted octanol–water partition coefficient (Wildman–Crippen LogP) is 1.55. The van der Waals surface area contributed by atoms with Gasteiger partial charge < -0.3 is 4.90 Å². The van der Waals surface area contributed by atoms with Crippen LogP contribution in [0.15, 0.2) is 6.20 Å². The quantitative estimate of drug-likeness (QED) is 0.825. The van der Waals surface area contributed by atoms with Gasteiger partial charge in [-0.05, 0) is 26.2 Å². The molecule has 0 aliphatic carbocycles. The number of rotatable bonds is 5. The summed E-state index contributed by atoms with van der Waals surface area (Å²) < 4.78 is 1.73. The Labute approximate surface area is 125 Å². The highest BCUT2D eigenvalue weighted by atomic mass is 16.2. The smallest absolute Gasteiger partial charge is 0.222 e. The second kappa shape index (κ2) is 6.37. The largest absolute Gasteiger partial charge is 0.343 e. The number of Topliss-reactive ketones (excluding diaryl/α,β-unsaturated/α-hetero) is 1. The summed E-state index contributed by atoms with van der Waals surface area (Å²) in [7, 11) is 0. The van der Waals surface area contributed by atoms with Gasteiger partial charge in [-0.1, -0.05) is 25.5 Å². The van der Waals surface area contributed by atoms with Crippen molar-refractivity contribution in [1.29, 1.82) is 0 Å². The van der Waals surface area contributed by atoms with Gasteiger partial charge in [-0.25, -0.2) is 4.68 Å². The van der Waals surface area contributed by atoms with Crippen molar-refractivity contribution in [2.45, 2.75) is 58.4 Å². The highest BCUT2D eigenvalue weighted by molar-refractivity contribution is 5.85. The Morgan fingerprint density at radius 3 is 2.48 bits per heavy atom. The molecule has 0 unspecified atom stereocenters. The van der Waals surface area contributed by atoms with E-state index in [1.807, 2.05) is 18.0 Å². The first-order valence-corrected chi connectivity index (χ1v) is 7.74. The van der Waals surface area contributed by atoms with E-state index in [-0.39, 0.29) is 11.7 Å². The molecule has 0 bridgehead atoms. The van der Waals surface area contributed by atoms with Gasteiger partial charge in [-0.2, -0.15) is 0 Å². The van der Waals surface area contributed by atoms with Crippen molar-refractivity contribution >= 4 is 11.7 Å². The molecule has 0 N–H and O–H groups in total. The molecule has 21 heavy (non-hydrogen) atoms. The van der Waals surface area contributed by atoms with Crippen LogP contribution in [0, 0.1) is 0 Å². The number of carbonyl (C=O) groups is 2. The van der Waals surface area contributed by atoms with Gasteiger partial charge in [-0.15, -0.1) is 5.10 Å². The molecule has 1 fully saturated rings. The van der Waals surface area contributed by atoms with Crippen molar-refractivity contribution < 1.29 is 9.59 Å². The molecule has 6 nitrogen and oxygen atoms in total.